The Morgan fingerprint density at radius 3 is 2.78 bits per heavy atom. The Morgan fingerprint density at radius 1 is 1.35 bits per heavy atom. The minimum Gasteiger partial charge on any atom is -0.379 e. The molecular formula is C15H26I2N4OS. The van der Waals surface area contributed by atoms with Crippen molar-refractivity contribution >= 4 is 63.9 Å². The van der Waals surface area contributed by atoms with E-state index in [9.17, 15) is 0 Å². The van der Waals surface area contributed by atoms with Crippen molar-refractivity contribution in [2.75, 3.05) is 52.5 Å². The number of morpholine rings is 1. The summed E-state index contributed by atoms with van der Waals surface area (Å²) in [4.78, 5) is 8.48. The highest BCUT2D eigenvalue weighted by Crippen LogP contribution is 2.18. The van der Waals surface area contributed by atoms with Crippen molar-refractivity contribution in [1.82, 2.24) is 15.5 Å². The molecule has 1 aromatic rings. The monoisotopic (exact) mass is 564 g/mol. The van der Waals surface area contributed by atoms with Gasteiger partial charge in [-0.1, -0.05) is 0 Å². The quantitative estimate of drug-likeness (QED) is 0.304. The summed E-state index contributed by atoms with van der Waals surface area (Å²) in [6, 6.07) is 4.37. The molecule has 0 unspecified atom stereocenters. The van der Waals surface area contributed by atoms with Gasteiger partial charge in [0.2, 0.25) is 0 Å². The van der Waals surface area contributed by atoms with E-state index in [0.29, 0.717) is 0 Å². The molecule has 0 atom stereocenters. The van der Waals surface area contributed by atoms with Gasteiger partial charge in [-0.3, -0.25) is 9.89 Å². The number of thiophene rings is 1. The van der Waals surface area contributed by atoms with Crippen LogP contribution < -0.4 is 10.6 Å². The van der Waals surface area contributed by atoms with Crippen LogP contribution >= 0.6 is 57.9 Å². The Bertz CT molecular complexity index is 464. The van der Waals surface area contributed by atoms with Gasteiger partial charge in [0.25, 0.3) is 0 Å². The maximum atomic E-state index is 5.36. The zero-order chi connectivity index (χ0) is 15.6. The van der Waals surface area contributed by atoms with E-state index in [2.05, 4.69) is 62.2 Å². The third-order valence-electron chi connectivity index (χ3n) is 3.43. The summed E-state index contributed by atoms with van der Waals surface area (Å²) < 4.78 is 6.71. The molecule has 1 aliphatic rings. The van der Waals surface area contributed by atoms with Crippen LogP contribution in [-0.4, -0.2) is 63.3 Å². The average molecular weight is 564 g/mol. The molecule has 2 rings (SSSR count). The van der Waals surface area contributed by atoms with E-state index in [1.54, 1.807) is 0 Å². The van der Waals surface area contributed by atoms with Gasteiger partial charge in [0.15, 0.2) is 5.96 Å². The minimum atomic E-state index is 0. The van der Waals surface area contributed by atoms with E-state index in [-0.39, 0.29) is 24.0 Å². The number of nitrogens with zero attached hydrogens (tertiary/aromatic N) is 2. The van der Waals surface area contributed by atoms with Gasteiger partial charge in [0.1, 0.15) is 0 Å². The molecule has 1 aromatic heterocycles. The number of halogens is 2. The summed E-state index contributed by atoms with van der Waals surface area (Å²) in [5, 5.41) is 6.73. The fourth-order valence-corrected chi connectivity index (χ4v) is 4.02. The molecule has 1 saturated heterocycles. The van der Waals surface area contributed by atoms with E-state index in [4.69, 9.17) is 4.74 Å². The molecule has 0 aromatic carbocycles. The Hall–Kier alpha value is 0.350. The molecule has 1 fully saturated rings. The van der Waals surface area contributed by atoms with E-state index >= 15 is 0 Å². The molecule has 1 aliphatic heterocycles. The molecule has 8 heteroatoms. The molecule has 0 amide bonds. The Balaban J connectivity index is 0.00000264. The first-order valence-electron chi connectivity index (χ1n) is 7.84. The largest absolute Gasteiger partial charge is 0.379 e. The average Bonchev–Trinajstić information content (AvgIpc) is 2.94. The van der Waals surface area contributed by atoms with E-state index in [1.807, 2.05) is 11.3 Å². The van der Waals surface area contributed by atoms with Crippen molar-refractivity contribution in [3.63, 3.8) is 0 Å². The van der Waals surface area contributed by atoms with Crippen molar-refractivity contribution in [2.45, 2.75) is 13.3 Å². The maximum Gasteiger partial charge on any atom is 0.191 e. The maximum absolute atomic E-state index is 5.36. The lowest BCUT2D eigenvalue weighted by Crippen LogP contribution is -2.40. The van der Waals surface area contributed by atoms with E-state index in [0.717, 1.165) is 64.9 Å². The number of hydrogen-bond acceptors (Lipinski definition) is 4. The van der Waals surface area contributed by atoms with Crippen molar-refractivity contribution in [3.05, 3.63) is 19.9 Å². The lowest BCUT2D eigenvalue weighted by molar-refractivity contribution is 0.0394. The summed E-state index contributed by atoms with van der Waals surface area (Å²) >= 11 is 4.22. The summed E-state index contributed by atoms with van der Waals surface area (Å²) in [6.07, 6.45) is 1.04. The zero-order valence-corrected chi connectivity index (χ0v) is 18.8. The molecule has 0 aliphatic carbocycles. The van der Waals surface area contributed by atoms with Gasteiger partial charge in [-0.05, 0) is 48.1 Å². The number of rotatable bonds is 7. The molecule has 0 bridgehead atoms. The van der Waals surface area contributed by atoms with Gasteiger partial charge in [-0.25, -0.2) is 0 Å². The first kappa shape index (κ1) is 21.4. The SMILES string of the molecule is CCNC(=NCCN1CCOCC1)NCCc1ccc(I)s1.I. The van der Waals surface area contributed by atoms with Crippen LogP contribution in [0.2, 0.25) is 0 Å². The standard InChI is InChI=1S/C15H25IN4OS.HI/c1-2-17-15(18-6-5-13-3-4-14(16)22-13)19-7-8-20-9-11-21-12-10-20;/h3-4H,2,5-12H2,1H3,(H2,17,18,19);1H. The van der Waals surface area contributed by atoms with Crippen LogP contribution in [0, 0.1) is 2.88 Å². The van der Waals surface area contributed by atoms with Gasteiger partial charge in [-0.2, -0.15) is 0 Å². The van der Waals surface area contributed by atoms with Crippen LogP contribution in [0.15, 0.2) is 17.1 Å². The number of aliphatic imine (C=N–C) groups is 1. The van der Waals surface area contributed by atoms with Crippen LogP contribution in [0.25, 0.3) is 0 Å². The van der Waals surface area contributed by atoms with Gasteiger partial charge in [0, 0.05) is 37.6 Å². The van der Waals surface area contributed by atoms with Crippen molar-refractivity contribution in [1.29, 1.82) is 0 Å². The lowest BCUT2D eigenvalue weighted by Gasteiger charge is -2.25. The number of guanidine groups is 1. The molecule has 23 heavy (non-hydrogen) atoms. The smallest absolute Gasteiger partial charge is 0.191 e. The van der Waals surface area contributed by atoms with Gasteiger partial charge >= 0.3 is 0 Å². The first-order chi connectivity index (χ1) is 10.8. The van der Waals surface area contributed by atoms with Crippen molar-refractivity contribution < 1.29 is 4.74 Å². The summed E-state index contributed by atoms with van der Waals surface area (Å²) in [5.74, 6) is 0.919. The molecule has 2 N–H and O–H groups in total. The number of hydrogen-bond donors (Lipinski definition) is 2. The third-order valence-corrected chi connectivity index (χ3v) is 5.38. The van der Waals surface area contributed by atoms with Crippen molar-refractivity contribution in [2.24, 2.45) is 4.99 Å². The highest BCUT2D eigenvalue weighted by Gasteiger charge is 2.09. The summed E-state index contributed by atoms with van der Waals surface area (Å²) in [5.41, 5.74) is 0. The second-order valence-electron chi connectivity index (χ2n) is 5.10. The van der Waals surface area contributed by atoms with E-state index in [1.165, 1.54) is 7.76 Å². The van der Waals surface area contributed by atoms with E-state index < -0.39 is 0 Å². The second kappa shape index (κ2) is 12.7. The van der Waals surface area contributed by atoms with Crippen LogP contribution in [0.1, 0.15) is 11.8 Å². The fraction of sp³-hybridized carbons (Fsp3) is 0.667. The van der Waals surface area contributed by atoms with Crippen molar-refractivity contribution in [3.8, 4) is 0 Å². The fourth-order valence-electron chi connectivity index (χ4n) is 2.26. The second-order valence-corrected chi connectivity index (χ2v) is 8.16. The summed E-state index contributed by atoms with van der Waals surface area (Å²) in [7, 11) is 0. The normalized spacial score (nSPS) is 16.0. The highest BCUT2D eigenvalue weighted by atomic mass is 127. The van der Waals surface area contributed by atoms with Gasteiger partial charge in [-0.15, -0.1) is 35.3 Å². The predicted molar refractivity (Wildman–Crippen MR) is 117 cm³/mol. The highest BCUT2D eigenvalue weighted by molar-refractivity contribution is 14.1. The molecular weight excluding hydrogens is 538 g/mol. The number of ether oxygens (including phenoxy) is 1. The first-order valence-corrected chi connectivity index (χ1v) is 9.74. The van der Waals surface area contributed by atoms with Crippen LogP contribution in [0.4, 0.5) is 0 Å². The summed E-state index contributed by atoms with van der Waals surface area (Å²) in [6.45, 7) is 9.48. The molecule has 0 spiro atoms. The van der Waals surface area contributed by atoms with Crippen LogP contribution in [0.5, 0.6) is 0 Å². The molecule has 0 saturated carbocycles. The van der Waals surface area contributed by atoms with Crippen LogP contribution in [-0.2, 0) is 11.2 Å². The number of nitrogens with one attached hydrogen (secondary N) is 2. The predicted octanol–water partition coefficient (Wildman–Crippen LogP) is 2.40. The topological polar surface area (TPSA) is 48.9 Å². The van der Waals surface area contributed by atoms with Crippen LogP contribution in [0.3, 0.4) is 0 Å². The molecule has 5 nitrogen and oxygen atoms in total. The molecule has 132 valence electrons. The molecule has 2 heterocycles. The minimum absolute atomic E-state index is 0. The lowest BCUT2D eigenvalue weighted by atomic mass is 10.3. The Labute approximate surface area is 173 Å². The zero-order valence-electron chi connectivity index (χ0n) is 13.5. The van der Waals surface area contributed by atoms with Gasteiger partial charge in [0.05, 0.1) is 22.6 Å². The Morgan fingerprint density at radius 2 is 2.13 bits per heavy atom. The Kier molecular flexibility index (Phi) is 11.8. The van der Waals surface area contributed by atoms with Gasteiger partial charge < -0.3 is 15.4 Å². The third kappa shape index (κ3) is 8.84. The molecule has 0 radical (unpaired) electrons.